The number of carbonyl (C=O) groups is 1. The molecule has 20 heavy (non-hydrogen) atoms. The molecule has 0 aromatic carbocycles. The molecule has 1 aromatic rings. The average Bonchev–Trinajstić information content (AvgIpc) is 2.74. The number of sulfonamides is 1. The fraction of sp³-hybridized carbons (Fsp3) is 0.636. The van der Waals surface area contributed by atoms with Crippen LogP contribution in [0.25, 0.3) is 0 Å². The highest BCUT2D eigenvalue weighted by Crippen LogP contribution is 2.23. The summed E-state index contributed by atoms with van der Waals surface area (Å²) in [5.41, 5.74) is -1.27. The van der Waals surface area contributed by atoms with Gasteiger partial charge in [-0.15, -0.1) is 0 Å². The number of hydrogen-bond acceptors (Lipinski definition) is 6. The van der Waals surface area contributed by atoms with Gasteiger partial charge in [0.2, 0.25) is 10.0 Å². The first-order valence-electron chi connectivity index (χ1n) is 6.08. The maximum atomic E-state index is 12.1. The molecule has 2 heterocycles. The summed E-state index contributed by atoms with van der Waals surface area (Å²) in [6.45, 7) is 2.06. The van der Waals surface area contributed by atoms with Gasteiger partial charge in [0.25, 0.3) is 0 Å². The lowest BCUT2D eigenvalue weighted by atomic mass is 9.92. The van der Waals surface area contributed by atoms with Crippen molar-refractivity contribution < 1.29 is 27.6 Å². The lowest BCUT2D eigenvalue weighted by molar-refractivity contribution is -0.147. The Morgan fingerprint density at radius 1 is 1.50 bits per heavy atom. The number of rotatable bonds is 5. The van der Waals surface area contributed by atoms with Gasteiger partial charge in [0.05, 0.1) is 0 Å². The summed E-state index contributed by atoms with van der Waals surface area (Å²) in [5.74, 6) is -1.12. The van der Waals surface area contributed by atoms with E-state index in [2.05, 4.69) is 9.88 Å². The van der Waals surface area contributed by atoms with Gasteiger partial charge in [-0.2, -0.15) is 4.72 Å². The number of carboxylic acids is 1. The van der Waals surface area contributed by atoms with Crippen molar-refractivity contribution in [3.05, 3.63) is 17.5 Å². The van der Waals surface area contributed by atoms with Gasteiger partial charge in [-0.05, 0) is 6.92 Å². The molecule has 0 amide bonds. The van der Waals surface area contributed by atoms with Gasteiger partial charge in [0.1, 0.15) is 22.7 Å². The van der Waals surface area contributed by atoms with E-state index in [0.29, 0.717) is 5.76 Å². The van der Waals surface area contributed by atoms with E-state index in [1.54, 1.807) is 6.92 Å². The second kappa shape index (κ2) is 5.51. The lowest BCUT2D eigenvalue weighted by Crippen LogP contribution is -2.57. The second-order valence-corrected chi connectivity index (χ2v) is 6.51. The van der Waals surface area contributed by atoms with Crippen LogP contribution in [0.4, 0.5) is 0 Å². The fourth-order valence-corrected chi connectivity index (χ4v) is 3.58. The van der Waals surface area contributed by atoms with E-state index in [-0.39, 0.29) is 31.7 Å². The molecule has 2 N–H and O–H groups in total. The highest BCUT2D eigenvalue weighted by molar-refractivity contribution is 7.88. The summed E-state index contributed by atoms with van der Waals surface area (Å²) in [7, 11) is -3.83. The summed E-state index contributed by atoms with van der Waals surface area (Å²) in [6, 6.07) is 1.50. The number of aliphatic carboxylic acids is 1. The molecule has 1 aliphatic heterocycles. The number of hydrogen-bond donors (Lipinski definition) is 2. The van der Waals surface area contributed by atoms with Crippen molar-refractivity contribution in [1.82, 2.24) is 9.88 Å². The third-order valence-electron chi connectivity index (χ3n) is 3.12. The Morgan fingerprint density at radius 2 is 2.15 bits per heavy atom. The molecule has 0 bridgehead atoms. The molecule has 1 fully saturated rings. The SMILES string of the molecule is Cc1cc(CS(=O)(=O)NC2(C(=O)O)CCOCC2)no1. The minimum atomic E-state index is -3.83. The van der Waals surface area contributed by atoms with Crippen LogP contribution in [0.2, 0.25) is 0 Å². The maximum absolute atomic E-state index is 12.1. The van der Waals surface area contributed by atoms with Crippen LogP contribution in [0.5, 0.6) is 0 Å². The Kier molecular flexibility index (Phi) is 4.11. The number of nitrogens with zero attached hydrogens (tertiary/aromatic N) is 1. The van der Waals surface area contributed by atoms with E-state index in [1.165, 1.54) is 6.07 Å². The van der Waals surface area contributed by atoms with Gasteiger partial charge < -0.3 is 14.4 Å². The zero-order valence-corrected chi connectivity index (χ0v) is 11.8. The molecule has 0 spiro atoms. The first-order valence-corrected chi connectivity index (χ1v) is 7.73. The van der Waals surface area contributed by atoms with Gasteiger partial charge >= 0.3 is 5.97 Å². The summed E-state index contributed by atoms with van der Waals surface area (Å²) < 4.78 is 36.3. The van der Waals surface area contributed by atoms with Crippen molar-refractivity contribution in [2.24, 2.45) is 0 Å². The molecule has 0 unspecified atom stereocenters. The van der Waals surface area contributed by atoms with Gasteiger partial charge in [-0.1, -0.05) is 5.16 Å². The topological polar surface area (TPSA) is 119 Å². The monoisotopic (exact) mass is 304 g/mol. The van der Waals surface area contributed by atoms with Gasteiger partial charge in [0.15, 0.2) is 0 Å². The molecule has 0 saturated carbocycles. The normalized spacial score (nSPS) is 18.9. The predicted octanol–water partition coefficient (Wildman–Crippen LogP) is 0.0362. The van der Waals surface area contributed by atoms with E-state index < -0.39 is 27.3 Å². The molecule has 9 heteroatoms. The lowest BCUT2D eigenvalue weighted by Gasteiger charge is -2.33. The largest absolute Gasteiger partial charge is 0.480 e. The van der Waals surface area contributed by atoms with Crippen LogP contribution in [0.15, 0.2) is 10.6 Å². The van der Waals surface area contributed by atoms with E-state index in [4.69, 9.17) is 9.26 Å². The Bertz CT molecular complexity index is 588. The standard InChI is InChI=1S/C11H16N2O6S/c1-8-6-9(12-19-8)7-20(16,17)13-11(10(14)15)2-4-18-5-3-11/h6,13H,2-5,7H2,1H3,(H,14,15). The van der Waals surface area contributed by atoms with Crippen LogP contribution >= 0.6 is 0 Å². The van der Waals surface area contributed by atoms with Crippen LogP contribution < -0.4 is 4.72 Å². The zero-order chi connectivity index (χ0) is 14.8. The molecule has 1 aliphatic rings. The molecule has 0 radical (unpaired) electrons. The third-order valence-corrected chi connectivity index (χ3v) is 4.50. The molecule has 8 nitrogen and oxygen atoms in total. The molecule has 2 rings (SSSR count). The first-order chi connectivity index (χ1) is 9.33. The Morgan fingerprint density at radius 3 is 2.65 bits per heavy atom. The van der Waals surface area contributed by atoms with Crippen LogP contribution in [0.3, 0.4) is 0 Å². The Labute approximate surface area is 116 Å². The third kappa shape index (κ3) is 3.35. The van der Waals surface area contributed by atoms with Gasteiger partial charge in [0, 0.05) is 32.1 Å². The quantitative estimate of drug-likeness (QED) is 0.788. The van der Waals surface area contributed by atoms with Crippen LogP contribution in [0.1, 0.15) is 24.3 Å². The average molecular weight is 304 g/mol. The molecule has 1 aromatic heterocycles. The van der Waals surface area contributed by atoms with Crippen molar-refractivity contribution in [3.8, 4) is 0 Å². The minimum Gasteiger partial charge on any atom is -0.480 e. The summed E-state index contributed by atoms with van der Waals surface area (Å²) in [6.07, 6.45) is 0.193. The number of nitrogens with one attached hydrogen (secondary N) is 1. The van der Waals surface area contributed by atoms with E-state index >= 15 is 0 Å². The minimum absolute atomic E-state index is 0.0966. The summed E-state index contributed by atoms with van der Waals surface area (Å²) >= 11 is 0. The van der Waals surface area contributed by atoms with E-state index in [1.807, 2.05) is 0 Å². The number of aryl methyl sites for hydroxylation is 1. The van der Waals surface area contributed by atoms with Crippen molar-refractivity contribution >= 4 is 16.0 Å². The van der Waals surface area contributed by atoms with Crippen molar-refractivity contribution in [1.29, 1.82) is 0 Å². The first kappa shape index (κ1) is 14.9. The van der Waals surface area contributed by atoms with E-state index in [9.17, 15) is 18.3 Å². The second-order valence-electron chi connectivity index (χ2n) is 4.79. The Hall–Kier alpha value is -1.45. The van der Waals surface area contributed by atoms with E-state index in [0.717, 1.165) is 0 Å². The summed E-state index contributed by atoms with van der Waals surface area (Å²) in [5, 5.41) is 12.9. The van der Waals surface area contributed by atoms with Crippen LogP contribution in [-0.4, -0.2) is 43.4 Å². The fourth-order valence-electron chi connectivity index (χ4n) is 2.09. The molecular formula is C11H16N2O6S. The molecule has 0 atom stereocenters. The predicted molar refractivity (Wildman–Crippen MR) is 67.4 cm³/mol. The molecule has 1 saturated heterocycles. The zero-order valence-electron chi connectivity index (χ0n) is 11.0. The van der Waals surface area contributed by atoms with Crippen LogP contribution in [0, 0.1) is 6.92 Å². The highest BCUT2D eigenvalue weighted by atomic mass is 32.2. The maximum Gasteiger partial charge on any atom is 0.325 e. The summed E-state index contributed by atoms with van der Waals surface area (Å²) in [4.78, 5) is 11.4. The highest BCUT2D eigenvalue weighted by Gasteiger charge is 2.43. The van der Waals surface area contributed by atoms with Gasteiger partial charge in [-0.3, -0.25) is 4.79 Å². The number of aromatic nitrogens is 1. The Balaban J connectivity index is 2.14. The number of carboxylic acid groups (broad SMARTS) is 1. The van der Waals surface area contributed by atoms with Crippen molar-refractivity contribution in [2.75, 3.05) is 13.2 Å². The van der Waals surface area contributed by atoms with Crippen molar-refractivity contribution in [3.63, 3.8) is 0 Å². The molecule has 0 aliphatic carbocycles. The van der Waals surface area contributed by atoms with Crippen LogP contribution in [-0.2, 0) is 25.3 Å². The molecule has 112 valence electrons. The number of ether oxygens (including phenoxy) is 1. The van der Waals surface area contributed by atoms with Gasteiger partial charge in [-0.25, -0.2) is 8.42 Å². The smallest absolute Gasteiger partial charge is 0.325 e. The molecular weight excluding hydrogens is 288 g/mol. The van der Waals surface area contributed by atoms with Crippen molar-refractivity contribution in [2.45, 2.75) is 31.1 Å².